The van der Waals surface area contributed by atoms with Crippen LogP contribution in [-0.4, -0.2) is 19.1 Å². The second kappa shape index (κ2) is 7.97. The quantitative estimate of drug-likeness (QED) is 0.815. The minimum Gasteiger partial charge on any atom is -0.492 e. The van der Waals surface area contributed by atoms with Crippen LogP contribution < -0.4 is 10.1 Å². The smallest absolute Gasteiger partial charge is 0.224 e. The van der Waals surface area contributed by atoms with Gasteiger partial charge in [-0.1, -0.05) is 23.7 Å². The molecule has 2 aromatic carbocycles. The van der Waals surface area contributed by atoms with Crippen LogP contribution in [0.2, 0.25) is 5.02 Å². The highest BCUT2D eigenvalue weighted by molar-refractivity contribution is 6.32. The van der Waals surface area contributed by atoms with E-state index in [9.17, 15) is 9.18 Å². The molecule has 0 unspecified atom stereocenters. The molecule has 0 aromatic heterocycles. The normalized spacial score (nSPS) is 10.4. The van der Waals surface area contributed by atoms with Gasteiger partial charge in [0.1, 0.15) is 18.2 Å². The Morgan fingerprint density at radius 2 is 1.78 bits per heavy atom. The first-order chi connectivity index (χ1) is 11.0. The summed E-state index contributed by atoms with van der Waals surface area (Å²) in [5.74, 6) is 0.303. The SMILES string of the molecule is Cc1cc(OCCNC(=O)Cc2ccc(F)cc2)cc(C)c1Cl. The van der Waals surface area contributed by atoms with Gasteiger partial charge in [0.15, 0.2) is 0 Å². The first-order valence-corrected chi connectivity index (χ1v) is 7.74. The van der Waals surface area contributed by atoms with Crippen molar-refractivity contribution in [1.29, 1.82) is 0 Å². The molecule has 0 spiro atoms. The van der Waals surface area contributed by atoms with Crippen molar-refractivity contribution in [1.82, 2.24) is 5.32 Å². The number of aryl methyl sites for hydroxylation is 2. The van der Waals surface area contributed by atoms with Gasteiger partial charge >= 0.3 is 0 Å². The molecule has 0 saturated heterocycles. The number of rotatable bonds is 6. The van der Waals surface area contributed by atoms with Crippen molar-refractivity contribution in [3.63, 3.8) is 0 Å². The van der Waals surface area contributed by atoms with Gasteiger partial charge in [-0.2, -0.15) is 0 Å². The largest absolute Gasteiger partial charge is 0.492 e. The van der Waals surface area contributed by atoms with Gasteiger partial charge in [0, 0.05) is 5.02 Å². The number of carbonyl (C=O) groups is 1. The fraction of sp³-hybridized carbons (Fsp3) is 0.278. The third kappa shape index (κ3) is 5.25. The third-order valence-electron chi connectivity index (χ3n) is 3.38. The predicted molar refractivity (Wildman–Crippen MR) is 89.5 cm³/mol. The van der Waals surface area contributed by atoms with Gasteiger partial charge in [-0.15, -0.1) is 0 Å². The molecule has 0 aliphatic heterocycles. The minimum absolute atomic E-state index is 0.122. The topological polar surface area (TPSA) is 38.3 Å². The first-order valence-electron chi connectivity index (χ1n) is 7.36. The molecule has 1 N–H and O–H groups in total. The van der Waals surface area contributed by atoms with E-state index in [2.05, 4.69) is 5.32 Å². The maximum Gasteiger partial charge on any atom is 0.224 e. The maximum absolute atomic E-state index is 12.8. The Kier molecular flexibility index (Phi) is 5.99. The maximum atomic E-state index is 12.8. The Morgan fingerprint density at radius 1 is 1.17 bits per heavy atom. The number of hydrogen-bond donors (Lipinski definition) is 1. The Balaban J connectivity index is 1.74. The van der Waals surface area contributed by atoms with Gasteiger partial charge in [-0.05, 0) is 54.8 Å². The molecule has 0 radical (unpaired) electrons. The van der Waals surface area contributed by atoms with E-state index in [1.54, 1.807) is 12.1 Å². The molecule has 0 fully saturated rings. The van der Waals surface area contributed by atoms with Gasteiger partial charge in [0.2, 0.25) is 5.91 Å². The molecule has 3 nitrogen and oxygen atoms in total. The molecular weight excluding hydrogens is 317 g/mol. The average Bonchev–Trinajstić information content (AvgIpc) is 2.51. The van der Waals surface area contributed by atoms with Crippen LogP contribution in [0.15, 0.2) is 36.4 Å². The van der Waals surface area contributed by atoms with Crippen LogP contribution in [-0.2, 0) is 11.2 Å². The fourth-order valence-corrected chi connectivity index (χ4v) is 2.31. The number of benzene rings is 2. The summed E-state index contributed by atoms with van der Waals surface area (Å²) in [6.07, 6.45) is 0.222. The molecule has 0 saturated carbocycles. The molecule has 122 valence electrons. The zero-order chi connectivity index (χ0) is 16.8. The zero-order valence-electron chi connectivity index (χ0n) is 13.2. The lowest BCUT2D eigenvalue weighted by Crippen LogP contribution is -2.29. The lowest BCUT2D eigenvalue weighted by atomic mass is 10.1. The number of carbonyl (C=O) groups excluding carboxylic acids is 1. The van der Waals surface area contributed by atoms with E-state index in [1.807, 2.05) is 26.0 Å². The Bertz CT molecular complexity index is 663. The van der Waals surface area contributed by atoms with Crippen LogP contribution in [0.4, 0.5) is 4.39 Å². The van der Waals surface area contributed by atoms with Crippen LogP contribution in [0.1, 0.15) is 16.7 Å². The van der Waals surface area contributed by atoms with Crippen LogP contribution >= 0.6 is 11.6 Å². The van der Waals surface area contributed by atoms with Gasteiger partial charge in [-0.25, -0.2) is 4.39 Å². The predicted octanol–water partition coefficient (Wildman–Crippen LogP) is 3.83. The van der Waals surface area contributed by atoms with Crippen LogP contribution in [0, 0.1) is 19.7 Å². The number of amides is 1. The van der Waals surface area contributed by atoms with E-state index in [-0.39, 0.29) is 18.1 Å². The second-order valence-corrected chi connectivity index (χ2v) is 5.75. The van der Waals surface area contributed by atoms with Crippen molar-refractivity contribution in [2.45, 2.75) is 20.3 Å². The summed E-state index contributed by atoms with van der Waals surface area (Å²) in [6.45, 7) is 4.62. The van der Waals surface area contributed by atoms with Crippen molar-refractivity contribution in [2.75, 3.05) is 13.2 Å². The first kappa shape index (κ1) is 17.3. The van der Waals surface area contributed by atoms with E-state index >= 15 is 0 Å². The summed E-state index contributed by atoms with van der Waals surface area (Å²) in [5.41, 5.74) is 2.69. The van der Waals surface area contributed by atoms with Crippen molar-refractivity contribution >= 4 is 17.5 Å². The number of ether oxygens (including phenoxy) is 1. The molecule has 2 rings (SSSR count). The van der Waals surface area contributed by atoms with Crippen molar-refractivity contribution < 1.29 is 13.9 Å². The van der Waals surface area contributed by atoms with Crippen molar-refractivity contribution in [3.8, 4) is 5.75 Å². The van der Waals surface area contributed by atoms with Crippen LogP contribution in [0.25, 0.3) is 0 Å². The molecule has 2 aromatic rings. The molecular formula is C18H19ClFNO2. The average molecular weight is 336 g/mol. The molecule has 0 aliphatic rings. The molecule has 0 aliphatic carbocycles. The van der Waals surface area contributed by atoms with E-state index in [0.717, 1.165) is 27.5 Å². The van der Waals surface area contributed by atoms with Gasteiger partial charge in [-0.3, -0.25) is 4.79 Å². The van der Waals surface area contributed by atoms with Gasteiger partial charge < -0.3 is 10.1 Å². The number of hydrogen-bond acceptors (Lipinski definition) is 2. The van der Waals surface area contributed by atoms with Crippen molar-refractivity contribution in [3.05, 3.63) is 63.9 Å². The van der Waals surface area contributed by atoms with Crippen LogP contribution in [0.5, 0.6) is 5.75 Å². The molecule has 5 heteroatoms. The summed E-state index contributed by atoms with van der Waals surface area (Å²) in [4.78, 5) is 11.8. The lowest BCUT2D eigenvalue weighted by molar-refractivity contribution is -0.120. The Morgan fingerprint density at radius 3 is 2.39 bits per heavy atom. The molecule has 1 amide bonds. The monoisotopic (exact) mass is 335 g/mol. The van der Waals surface area contributed by atoms with Crippen LogP contribution in [0.3, 0.4) is 0 Å². The summed E-state index contributed by atoms with van der Waals surface area (Å²) >= 11 is 6.10. The summed E-state index contributed by atoms with van der Waals surface area (Å²) in [6, 6.07) is 9.63. The highest BCUT2D eigenvalue weighted by Gasteiger charge is 2.05. The van der Waals surface area contributed by atoms with E-state index < -0.39 is 0 Å². The summed E-state index contributed by atoms with van der Waals surface area (Å²) in [7, 11) is 0. The highest BCUT2D eigenvalue weighted by atomic mass is 35.5. The summed E-state index contributed by atoms with van der Waals surface area (Å²) < 4.78 is 18.4. The minimum atomic E-state index is -0.309. The summed E-state index contributed by atoms with van der Waals surface area (Å²) in [5, 5.41) is 3.51. The third-order valence-corrected chi connectivity index (χ3v) is 3.98. The fourth-order valence-electron chi connectivity index (χ4n) is 2.20. The van der Waals surface area contributed by atoms with Gasteiger partial charge in [0.25, 0.3) is 0 Å². The molecule has 0 atom stereocenters. The molecule has 0 heterocycles. The zero-order valence-corrected chi connectivity index (χ0v) is 13.9. The lowest BCUT2D eigenvalue weighted by Gasteiger charge is -2.10. The van der Waals surface area contributed by atoms with E-state index in [0.29, 0.717) is 13.2 Å². The van der Waals surface area contributed by atoms with Crippen molar-refractivity contribution in [2.24, 2.45) is 0 Å². The molecule has 23 heavy (non-hydrogen) atoms. The molecule has 0 bridgehead atoms. The van der Waals surface area contributed by atoms with Gasteiger partial charge in [0.05, 0.1) is 13.0 Å². The van der Waals surface area contributed by atoms with E-state index in [1.165, 1.54) is 12.1 Å². The van der Waals surface area contributed by atoms with E-state index in [4.69, 9.17) is 16.3 Å². The Hall–Kier alpha value is -2.07. The second-order valence-electron chi connectivity index (χ2n) is 5.37. The standard InChI is InChI=1S/C18H19ClFNO2/c1-12-9-16(10-13(2)18(12)19)23-8-7-21-17(22)11-14-3-5-15(20)6-4-14/h3-6,9-10H,7-8,11H2,1-2H3,(H,21,22). The number of nitrogens with one attached hydrogen (secondary N) is 1. The number of halogens is 2. The Labute approximate surface area is 140 Å². The highest BCUT2D eigenvalue weighted by Crippen LogP contribution is 2.25.